The molecule has 16 heavy (non-hydrogen) atoms. The number of rotatable bonds is 4. The van der Waals surface area contributed by atoms with Crippen LogP contribution in [0.4, 0.5) is 5.88 Å². The molecule has 2 N–H and O–H groups in total. The third-order valence-electron chi connectivity index (χ3n) is 2.41. The number of hydrogen-bond acceptors (Lipinski definition) is 5. The fourth-order valence-corrected chi connectivity index (χ4v) is 1.36. The molecule has 0 radical (unpaired) electrons. The van der Waals surface area contributed by atoms with E-state index in [1.54, 1.807) is 0 Å². The molecule has 0 aromatic carbocycles. The molecule has 0 spiro atoms. The molecule has 0 atom stereocenters. The third-order valence-corrected chi connectivity index (χ3v) is 2.41. The lowest BCUT2D eigenvalue weighted by Crippen LogP contribution is -2.48. The number of nitrogens with zero attached hydrogens (tertiary/aromatic N) is 1. The SMILES string of the molecule is O=C(NCC1CNC1)c1ccc([N+](=O)[O-])o1. The summed E-state index contributed by atoms with van der Waals surface area (Å²) in [5.74, 6) is -0.427. The van der Waals surface area contributed by atoms with E-state index >= 15 is 0 Å². The standard InChI is InChI=1S/C9H11N3O4/c13-9(11-5-6-3-10-4-6)7-1-2-8(16-7)12(14)15/h1-2,6,10H,3-5H2,(H,11,13). The van der Waals surface area contributed by atoms with E-state index in [4.69, 9.17) is 4.42 Å². The molecule has 0 saturated carbocycles. The van der Waals surface area contributed by atoms with Gasteiger partial charge in [-0.2, -0.15) is 0 Å². The Hall–Kier alpha value is -1.89. The van der Waals surface area contributed by atoms with E-state index in [-0.39, 0.29) is 5.76 Å². The largest absolute Gasteiger partial charge is 0.433 e. The number of amides is 1. The smallest absolute Gasteiger partial charge is 0.395 e. The second-order valence-corrected chi connectivity index (χ2v) is 3.63. The minimum absolute atomic E-state index is 0.0287. The first-order valence-corrected chi connectivity index (χ1v) is 4.90. The Kier molecular flexibility index (Phi) is 2.86. The van der Waals surface area contributed by atoms with E-state index < -0.39 is 16.7 Å². The summed E-state index contributed by atoms with van der Waals surface area (Å²) in [7, 11) is 0. The Morgan fingerprint density at radius 1 is 1.62 bits per heavy atom. The number of carbonyl (C=O) groups is 1. The first-order chi connectivity index (χ1) is 7.66. The zero-order valence-corrected chi connectivity index (χ0v) is 8.43. The summed E-state index contributed by atoms with van der Waals surface area (Å²) in [6.07, 6.45) is 0. The van der Waals surface area contributed by atoms with E-state index in [9.17, 15) is 14.9 Å². The molecule has 0 bridgehead atoms. The summed E-state index contributed by atoms with van der Waals surface area (Å²) in [5, 5.41) is 16.1. The molecular weight excluding hydrogens is 214 g/mol. The van der Waals surface area contributed by atoms with E-state index in [2.05, 4.69) is 10.6 Å². The molecule has 86 valence electrons. The van der Waals surface area contributed by atoms with Crippen LogP contribution in [0.3, 0.4) is 0 Å². The molecule has 1 aromatic rings. The minimum Gasteiger partial charge on any atom is -0.395 e. The molecule has 2 heterocycles. The Bertz CT molecular complexity index is 411. The Labute approximate surface area is 91.0 Å². The molecule has 1 aromatic heterocycles. The first-order valence-electron chi connectivity index (χ1n) is 4.90. The van der Waals surface area contributed by atoms with Gasteiger partial charge in [-0.25, -0.2) is 0 Å². The number of hydrogen-bond donors (Lipinski definition) is 2. The fraction of sp³-hybridized carbons (Fsp3) is 0.444. The number of carbonyl (C=O) groups excluding carboxylic acids is 1. The lowest BCUT2D eigenvalue weighted by molar-refractivity contribution is -0.402. The van der Waals surface area contributed by atoms with Crippen molar-refractivity contribution in [2.45, 2.75) is 0 Å². The Morgan fingerprint density at radius 3 is 2.88 bits per heavy atom. The van der Waals surface area contributed by atoms with E-state index in [1.165, 1.54) is 12.1 Å². The second-order valence-electron chi connectivity index (χ2n) is 3.63. The second kappa shape index (κ2) is 4.31. The molecule has 1 aliphatic rings. The zero-order chi connectivity index (χ0) is 11.5. The van der Waals surface area contributed by atoms with Crippen molar-refractivity contribution in [2.24, 2.45) is 5.92 Å². The van der Waals surface area contributed by atoms with Crippen molar-refractivity contribution >= 4 is 11.8 Å². The van der Waals surface area contributed by atoms with Crippen LogP contribution >= 0.6 is 0 Å². The van der Waals surface area contributed by atoms with Crippen LogP contribution in [0, 0.1) is 16.0 Å². The van der Waals surface area contributed by atoms with Crippen molar-refractivity contribution in [1.29, 1.82) is 0 Å². The van der Waals surface area contributed by atoms with Gasteiger partial charge in [-0.1, -0.05) is 0 Å². The zero-order valence-electron chi connectivity index (χ0n) is 8.43. The lowest BCUT2D eigenvalue weighted by Gasteiger charge is -2.26. The highest BCUT2D eigenvalue weighted by atomic mass is 16.6. The summed E-state index contributed by atoms with van der Waals surface area (Å²) >= 11 is 0. The van der Waals surface area contributed by atoms with Gasteiger partial charge in [-0.3, -0.25) is 14.9 Å². The molecule has 7 heteroatoms. The van der Waals surface area contributed by atoms with Crippen molar-refractivity contribution in [2.75, 3.05) is 19.6 Å². The van der Waals surface area contributed by atoms with Gasteiger partial charge in [0.25, 0.3) is 5.91 Å². The van der Waals surface area contributed by atoms with Gasteiger partial charge in [0.15, 0.2) is 5.76 Å². The van der Waals surface area contributed by atoms with Crippen LogP contribution in [-0.4, -0.2) is 30.5 Å². The van der Waals surface area contributed by atoms with Crippen LogP contribution < -0.4 is 10.6 Å². The van der Waals surface area contributed by atoms with Gasteiger partial charge in [0, 0.05) is 25.6 Å². The van der Waals surface area contributed by atoms with Crippen molar-refractivity contribution in [3.63, 3.8) is 0 Å². The topological polar surface area (TPSA) is 97.4 Å². The summed E-state index contributed by atoms with van der Waals surface area (Å²) in [4.78, 5) is 21.1. The third kappa shape index (κ3) is 2.19. The Balaban J connectivity index is 1.89. The predicted molar refractivity (Wildman–Crippen MR) is 54.1 cm³/mol. The van der Waals surface area contributed by atoms with Crippen molar-refractivity contribution in [1.82, 2.24) is 10.6 Å². The highest BCUT2D eigenvalue weighted by Gasteiger charge is 2.20. The summed E-state index contributed by atoms with van der Waals surface area (Å²) in [6.45, 7) is 2.33. The van der Waals surface area contributed by atoms with Crippen LogP contribution in [0.15, 0.2) is 16.5 Å². The molecule has 7 nitrogen and oxygen atoms in total. The number of nitro groups is 1. The molecule has 1 saturated heterocycles. The van der Waals surface area contributed by atoms with Crippen molar-refractivity contribution in [3.8, 4) is 0 Å². The average Bonchev–Trinajstić information content (AvgIpc) is 2.63. The molecule has 1 aliphatic heterocycles. The number of furan rings is 1. The van der Waals surface area contributed by atoms with Gasteiger partial charge in [-0.15, -0.1) is 0 Å². The molecule has 0 aliphatic carbocycles. The van der Waals surface area contributed by atoms with Crippen LogP contribution in [-0.2, 0) is 0 Å². The summed E-state index contributed by atoms with van der Waals surface area (Å²) < 4.78 is 4.76. The van der Waals surface area contributed by atoms with Gasteiger partial charge in [0.2, 0.25) is 0 Å². The fourth-order valence-electron chi connectivity index (χ4n) is 1.36. The van der Waals surface area contributed by atoms with Gasteiger partial charge in [0.05, 0.1) is 6.07 Å². The average molecular weight is 225 g/mol. The van der Waals surface area contributed by atoms with Crippen molar-refractivity contribution < 1.29 is 14.1 Å². The predicted octanol–water partition coefficient (Wildman–Crippen LogP) is 0.137. The van der Waals surface area contributed by atoms with E-state index in [0.717, 1.165) is 13.1 Å². The maximum atomic E-state index is 11.5. The highest BCUT2D eigenvalue weighted by Crippen LogP contribution is 2.15. The molecular formula is C9H11N3O4. The normalized spacial score (nSPS) is 15.5. The van der Waals surface area contributed by atoms with Crippen LogP contribution in [0.5, 0.6) is 0 Å². The Morgan fingerprint density at radius 2 is 2.38 bits per heavy atom. The highest BCUT2D eigenvalue weighted by molar-refractivity contribution is 5.91. The molecule has 2 rings (SSSR count). The first kappa shape index (κ1) is 10.6. The van der Waals surface area contributed by atoms with Crippen molar-refractivity contribution in [3.05, 3.63) is 28.0 Å². The number of nitrogens with one attached hydrogen (secondary N) is 2. The maximum absolute atomic E-state index is 11.5. The molecule has 1 fully saturated rings. The van der Waals surface area contributed by atoms with Crippen LogP contribution in [0.2, 0.25) is 0 Å². The lowest BCUT2D eigenvalue weighted by atomic mass is 10.0. The summed E-state index contributed by atoms with van der Waals surface area (Å²) in [6, 6.07) is 2.46. The maximum Gasteiger partial charge on any atom is 0.433 e. The van der Waals surface area contributed by atoms with Crippen LogP contribution in [0.1, 0.15) is 10.6 Å². The molecule has 0 unspecified atom stereocenters. The molecule has 1 amide bonds. The van der Waals surface area contributed by atoms with Crippen LogP contribution in [0.25, 0.3) is 0 Å². The quantitative estimate of drug-likeness (QED) is 0.561. The van der Waals surface area contributed by atoms with Gasteiger partial charge in [-0.05, 0) is 6.07 Å². The monoisotopic (exact) mass is 225 g/mol. The van der Waals surface area contributed by atoms with Gasteiger partial charge < -0.3 is 15.1 Å². The van der Waals surface area contributed by atoms with E-state index in [0.29, 0.717) is 12.5 Å². The van der Waals surface area contributed by atoms with Gasteiger partial charge >= 0.3 is 5.88 Å². The van der Waals surface area contributed by atoms with Gasteiger partial charge in [0.1, 0.15) is 4.92 Å². The summed E-state index contributed by atoms with van der Waals surface area (Å²) in [5.41, 5.74) is 0. The minimum atomic E-state index is -0.674. The van der Waals surface area contributed by atoms with E-state index in [1.807, 2.05) is 0 Å².